The van der Waals surface area contributed by atoms with Gasteiger partial charge < -0.3 is 15.4 Å². The van der Waals surface area contributed by atoms with Crippen LogP contribution in [0.5, 0.6) is 0 Å². The molecule has 0 bridgehead atoms. The lowest BCUT2D eigenvalue weighted by Crippen LogP contribution is -2.52. The Morgan fingerprint density at radius 2 is 2.10 bits per heavy atom. The second-order valence-electron chi connectivity index (χ2n) is 6.87. The fourth-order valence-electron chi connectivity index (χ4n) is 3.41. The summed E-state index contributed by atoms with van der Waals surface area (Å²) in [5.74, 6) is 0.726. The summed E-state index contributed by atoms with van der Waals surface area (Å²) in [6.45, 7) is 7.77. The average molecular weight is 284 g/mol. The Kier molecular flexibility index (Phi) is 6.46. The fraction of sp³-hybridized carbons (Fsp3) is 0.938. The number of ether oxygens (including phenoxy) is 1. The van der Waals surface area contributed by atoms with Gasteiger partial charge >= 0.3 is 5.97 Å². The molecule has 1 rings (SSSR count). The normalized spacial score (nSPS) is 28.1. The van der Waals surface area contributed by atoms with Crippen molar-refractivity contribution >= 4 is 5.97 Å². The van der Waals surface area contributed by atoms with Crippen molar-refractivity contribution in [3.63, 3.8) is 0 Å². The number of carbonyl (C=O) groups is 1. The SMILES string of the molecule is COC(=O)C1(N)CCCC1CCN(C)C(C)CC(C)C. The van der Waals surface area contributed by atoms with Crippen molar-refractivity contribution in [2.45, 2.75) is 64.5 Å². The molecule has 4 heteroatoms. The number of methoxy groups -OCH3 is 1. The molecule has 4 nitrogen and oxygen atoms in total. The van der Waals surface area contributed by atoms with E-state index in [2.05, 4.69) is 32.7 Å². The molecule has 0 aromatic carbocycles. The van der Waals surface area contributed by atoms with E-state index in [1.165, 1.54) is 13.5 Å². The molecule has 0 aromatic rings. The first kappa shape index (κ1) is 17.4. The Hall–Kier alpha value is -0.610. The minimum atomic E-state index is -0.753. The molecule has 0 radical (unpaired) electrons. The molecular weight excluding hydrogens is 252 g/mol. The van der Waals surface area contributed by atoms with Crippen molar-refractivity contribution in [2.24, 2.45) is 17.6 Å². The smallest absolute Gasteiger partial charge is 0.326 e. The molecule has 0 amide bonds. The fourth-order valence-corrected chi connectivity index (χ4v) is 3.41. The predicted molar refractivity (Wildman–Crippen MR) is 82.4 cm³/mol. The van der Waals surface area contributed by atoms with Crippen molar-refractivity contribution in [3.8, 4) is 0 Å². The average Bonchev–Trinajstić information content (AvgIpc) is 2.76. The van der Waals surface area contributed by atoms with Crippen LogP contribution < -0.4 is 5.73 Å². The summed E-state index contributed by atoms with van der Waals surface area (Å²) in [6, 6.07) is 0.571. The summed E-state index contributed by atoms with van der Waals surface area (Å²) in [6.07, 6.45) is 5.01. The molecule has 2 N–H and O–H groups in total. The van der Waals surface area contributed by atoms with Crippen LogP contribution in [0, 0.1) is 11.8 Å². The molecule has 3 atom stereocenters. The van der Waals surface area contributed by atoms with Gasteiger partial charge in [-0.05, 0) is 58.0 Å². The Bertz CT molecular complexity index is 320. The summed E-state index contributed by atoms with van der Waals surface area (Å²) in [4.78, 5) is 14.3. The van der Waals surface area contributed by atoms with Crippen molar-refractivity contribution in [2.75, 3.05) is 20.7 Å². The first-order valence-electron chi connectivity index (χ1n) is 7.88. The second-order valence-corrected chi connectivity index (χ2v) is 6.87. The third kappa shape index (κ3) is 4.19. The monoisotopic (exact) mass is 284 g/mol. The minimum absolute atomic E-state index is 0.238. The number of hydrogen-bond acceptors (Lipinski definition) is 4. The summed E-state index contributed by atoms with van der Waals surface area (Å²) in [7, 11) is 3.60. The molecule has 1 aliphatic carbocycles. The first-order valence-corrected chi connectivity index (χ1v) is 7.88. The van der Waals surface area contributed by atoms with Gasteiger partial charge in [-0.1, -0.05) is 20.3 Å². The quantitative estimate of drug-likeness (QED) is 0.729. The Balaban J connectivity index is 2.50. The molecule has 3 unspecified atom stereocenters. The van der Waals surface area contributed by atoms with E-state index in [9.17, 15) is 4.79 Å². The molecule has 0 aromatic heterocycles. The highest BCUT2D eigenvalue weighted by Gasteiger charge is 2.46. The largest absolute Gasteiger partial charge is 0.468 e. The summed E-state index contributed by atoms with van der Waals surface area (Å²) in [5, 5.41) is 0. The number of carbonyl (C=O) groups excluding carboxylic acids is 1. The molecule has 0 heterocycles. The van der Waals surface area contributed by atoms with Gasteiger partial charge in [0.2, 0.25) is 0 Å². The van der Waals surface area contributed by atoms with Gasteiger partial charge in [0.25, 0.3) is 0 Å². The molecule has 1 saturated carbocycles. The summed E-state index contributed by atoms with van der Waals surface area (Å²) >= 11 is 0. The zero-order chi connectivity index (χ0) is 15.3. The molecular formula is C16H32N2O2. The van der Waals surface area contributed by atoms with E-state index in [1.807, 2.05) is 0 Å². The van der Waals surface area contributed by atoms with E-state index in [4.69, 9.17) is 10.5 Å². The third-order valence-corrected chi connectivity index (χ3v) is 4.83. The van der Waals surface area contributed by atoms with Gasteiger partial charge in [0.05, 0.1) is 7.11 Å². The van der Waals surface area contributed by atoms with Crippen LogP contribution in [0.1, 0.15) is 52.9 Å². The van der Waals surface area contributed by atoms with Gasteiger partial charge in [-0.15, -0.1) is 0 Å². The molecule has 1 aliphatic rings. The number of nitrogens with two attached hydrogens (primary N) is 1. The van der Waals surface area contributed by atoms with Crippen molar-refractivity contribution in [1.82, 2.24) is 4.90 Å². The van der Waals surface area contributed by atoms with Gasteiger partial charge in [0.1, 0.15) is 5.54 Å². The van der Waals surface area contributed by atoms with E-state index in [1.54, 1.807) is 0 Å². The van der Waals surface area contributed by atoms with E-state index >= 15 is 0 Å². The molecule has 118 valence electrons. The van der Waals surface area contributed by atoms with Crippen LogP contribution in [0.3, 0.4) is 0 Å². The molecule has 0 saturated heterocycles. The van der Waals surface area contributed by atoms with Crippen molar-refractivity contribution in [1.29, 1.82) is 0 Å². The van der Waals surface area contributed by atoms with Crippen molar-refractivity contribution < 1.29 is 9.53 Å². The Morgan fingerprint density at radius 1 is 1.45 bits per heavy atom. The standard InChI is InChI=1S/C16H32N2O2/c1-12(2)11-13(3)18(4)10-8-14-7-6-9-16(14,17)15(19)20-5/h12-14H,6-11,17H2,1-5H3. The maximum Gasteiger partial charge on any atom is 0.326 e. The second kappa shape index (κ2) is 7.41. The summed E-state index contributed by atoms with van der Waals surface area (Å²) < 4.78 is 4.90. The topological polar surface area (TPSA) is 55.6 Å². The lowest BCUT2D eigenvalue weighted by Gasteiger charge is -2.32. The molecule has 1 fully saturated rings. The van der Waals surface area contributed by atoms with Crippen LogP contribution in [0.4, 0.5) is 0 Å². The highest BCUT2D eigenvalue weighted by Crippen LogP contribution is 2.37. The predicted octanol–water partition coefficient (Wildman–Crippen LogP) is 2.41. The molecule has 20 heavy (non-hydrogen) atoms. The van der Waals surface area contributed by atoms with Gasteiger partial charge in [0.15, 0.2) is 0 Å². The van der Waals surface area contributed by atoms with Crippen LogP contribution in [0.15, 0.2) is 0 Å². The number of nitrogens with zero attached hydrogens (tertiary/aromatic N) is 1. The van der Waals surface area contributed by atoms with Gasteiger partial charge in [-0.2, -0.15) is 0 Å². The number of rotatable bonds is 7. The highest BCUT2D eigenvalue weighted by molar-refractivity contribution is 5.81. The summed E-state index contributed by atoms with van der Waals surface area (Å²) in [5.41, 5.74) is 5.55. The van der Waals surface area contributed by atoms with E-state index in [-0.39, 0.29) is 11.9 Å². The maximum atomic E-state index is 11.9. The van der Waals surface area contributed by atoms with Crippen molar-refractivity contribution in [3.05, 3.63) is 0 Å². The lowest BCUT2D eigenvalue weighted by molar-refractivity contribution is -0.148. The zero-order valence-corrected chi connectivity index (χ0v) is 13.8. The van der Waals surface area contributed by atoms with Gasteiger partial charge in [-0.3, -0.25) is 4.79 Å². The zero-order valence-electron chi connectivity index (χ0n) is 13.8. The van der Waals surface area contributed by atoms with Crippen LogP contribution in [-0.4, -0.2) is 43.2 Å². The van der Waals surface area contributed by atoms with Gasteiger partial charge in [0, 0.05) is 6.04 Å². The molecule has 0 aliphatic heterocycles. The van der Waals surface area contributed by atoms with Crippen LogP contribution in [-0.2, 0) is 9.53 Å². The first-order chi connectivity index (χ1) is 9.31. The van der Waals surface area contributed by atoms with E-state index in [0.717, 1.165) is 32.2 Å². The van der Waals surface area contributed by atoms with E-state index in [0.29, 0.717) is 12.0 Å². The lowest BCUT2D eigenvalue weighted by atomic mass is 9.85. The number of hydrogen-bond donors (Lipinski definition) is 1. The van der Waals surface area contributed by atoms with Crippen LogP contribution >= 0.6 is 0 Å². The van der Waals surface area contributed by atoms with Crippen LogP contribution in [0.25, 0.3) is 0 Å². The third-order valence-electron chi connectivity index (χ3n) is 4.83. The minimum Gasteiger partial charge on any atom is -0.468 e. The van der Waals surface area contributed by atoms with Gasteiger partial charge in [-0.25, -0.2) is 0 Å². The Morgan fingerprint density at radius 3 is 2.65 bits per heavy atom. The maximum absolute atomic E-state index is 11.9. The highest BCUT2D eigenvalue weighted by atomic mass is 16.5. The van der Waals surface area contributed by atoms with Crippen LogP contribution in [0.2, 0.25) is 0 Å². The molecule has 0 spiro atoms. The van der Waals surface area contributed by atoms with E-state index < -0.39 is 5.54 Å². The number of esters is 1. The Labute approximate surface area is 124 Å².